The first kappa shape index (κ1) is 34.5. The van der Waals surface area contributed by atoms with Crippen LogP contribution in [-0.4, -0.2) is 98.7 Å². The molecule has 8 rings (SSSR count). The molecule has 13 nitrogen and oxygen atoms in total. The number of aryl methyl sites for hydroxylation is 3. The van der Waals surface area contributed by atoms with Crippen LogP contribution in [0.1, 0.15) is 55.7 Å². The van der Waals surface area contributed by atoms with Crippen molar-refractivity contribution in [1.29, 1.82) is 0 Å². The van der Waals surface area contributed by atoms with E-state index in [0.29, 0.717) is 0 Å². The highest BCUT2D eigenvalue weighted by molar-refractivity contribution is 5.91. The summed E-state index contributed by atoms with van der Waals surface area (Å²) >= 11 is 0. The molecule has 2 fully saturated rings. The highest BCUT2D eigenvalue weighted by Gasteiger charge is 2.19. The van der Waals surface area contributed by atoms with Crippen molar-refractivity contribution >= 4 is 34.5 Å². The molecule has 0 radical (unpaired) electrons. The van der Waals surface area contributed by atoms with Gasteiger partial charge in [0, 0.05) is 30.5 Å². The Morgan fingerprint density at radius 2 is 1.18 bits per heavy atom. The van der Waals surface area contributed by atoms with Crippen molar-refractivity contribution in [2.45, 2.75) is 72.4 Å². The largest absolute Gasteiger partial charge is 0.361 e. The van der Waals surface area contributed by atoms with E-state index in [9.17, 15) is 0 Å². The zero-order valence-electron chi connectivity index (χ0n) is 28.6. The molecule has 6 aromatic heterocycles. The molecular weight excluding hydrogens is 640 g/mol. The van der Waals surface area contributed by atoms with Crippen LogP contribution in [0.2, 0.25) is 0 Å². The highest BCUT2D eigenvalue weighted by Crippen LogP contribution is 2.30. The van der Waals surface area contributed by atoms with Crippen LogP contribution >= 0.6 is 12.4 Å². The number of hydrogen-bond acceptors (Lipinski definition) is 11. The summed E-state index contributed by atoms with van der Waals surface area (Å²) in [4.78, 5) is 27.3. The van der Waals surface area contributed by atoms with Crippen LogP contribution < -0.4 is 0 Å². The van der Waals surface area contributed by atoms with Gasteiger partial charge in [0.25, 0.3) is 0 Å². The summed E-state index contributed by atoms with van der Waals surface area (Å²) in [6.07, 6.45) is 16.7. The monoisotopic (exact) mass is 684 g/mol. The number of aromatic nitrogens is 10. The standard InChI is InChI=1S/C18H22N6.C17H22N6O.ClH/c1-14-15(6-5-7-19-14)17-16-12-22-24(18(16)21-13-20-17)11-10-23-8-3-2-4-9-23;1-12-15(13(2)24-21-12)16-14-10-20-23(17(14)19-11-18-16)9-8-22-6-4-3-5-7-22;/h5-7,12-13H,2-4,8-11H2,1H3;10-11H,3-9H2,1-2H3;1H. The van der Waals surface area contributed by atoms with Crippen LogP contribution in [-0.2, 0) is 13.1 Å². The molecule has 0 bridgehead atoms. The first-order valence-electron chi connectivity index (χ1n) is 17.2. The van der Waals surface area contributed by atoms with Gasteiger partial charge in [-0.15, -0.1) is 12.4 Å². The minimum atomic E-state index is 0. The van der Waals surface area contributed by atoms with Gasteiger partial charge < -0.3 is 14.3 Å². The predicted molar refractivity (Wildman–Crippen MR) is 191 cm³/mol. The highest BCUT2D eigenvalue weighted by atomic mass is 35.5. The smallest absolute Gasteiger partial charge is 0.161 e. The molecule has 14 heteroatoms. The van der Waals surface area contributed by atoms with E-state index in [1.807, 2.05) is 48.6 Å². The van der Waals surface area contributed by atoms with Crippen molar-refractivity contribution in [2.24, 2.45) is 0 Å². The van der Waals surface area contributed by atoms with Gasteiger partial charge in [-0.1, -0.05) is 18.0 Å². The summed E-state index contributed by atoms with van der Waals surface area (Å²) in [6.45, 7) is 14.4. The molecular formula is C35H45ClN12O. The summed E-state index contributed by atoms with van der Waals surface area (Å²) in [5.74, 6) is 0.772. The molecule has 2 saturated heterocycles. The third kappa shape index (κ3) is 7.63. The van der Waals surface area contributed by atoms with Crippen LogP contribution in [0, 0.1) is 20.8 Å². The van der Waals surface area contributed by atoms with Gasteiger partial charge >= 0.3 is 0 Å². The normalized spacial score (nSPS) is 15.7. The van der Waals surface area contributed by atoms with Crippen LogP contribution in [0.15, 0.2) is 47.9 Å². The van der Waals surface area contributed by atoms with Gasteiger partial charge in [-0.2, -0.15) is 10.2 Å². The van der Waals surface area contributed by atoms with Crippen LogP contribution in [0.4, 0.5) is 0 Å². The minimum Gasteiger partial charge on any atom is -0.361 e. The molecule has 0 aliphatic carbocycles. The Morgan fingerprint density at radius 3 is 1.71 bits per heavy atom. The maximum atomic E-state index is 5.29. The molecule has 258 valence electrons. The molecule has 0 aromatic carbocycles. The van der Waals surface area contributed by atoms with Gasteiger partial charge in [-0.3, -0.25) is 4.98 Å². The fraction of sp³-hybridized carbons (Fsp3) is 0.486. The number of hydrogen-bond donors (Lipinski definition) is 0. The Kier molecular flexibility index (Phi) is 11.2. The first-order valence-corrected chi connectivity index (χ1v) is 17.2. The SMILES string of the molecule is Cc1ncccc1-c1ncnc2c1cnn2CCN1CCCCC1.Cc1noc(C)c1-c1ncnc2c1cnn2CCN1CCCCC1.Cl. The fourth-order valence-electron chi connectivity index (χ4n) is 6.92. The zero-order valence-corrected chi connectivity index (χ0v) is 29.4. The number of rotatable bonds is 8. The van der Waals surface area contributed by atoms with Gasteiger partial charge in [-0.25, -0.2) is 29.3 Å². The zero-order chi connectivity index (χ0) is 32.9. The maximum Gasteiger partial charge on any atom is 0.161 e. The molecule has 6 aromatic rings. The average Bonchev–Trinajstić information content (AvgIpc) is 3.84. The number of piperidine rings is 2. The second kappa shape index (κ2) is 15.9. The van der Waals surface area contributed by atoms with Gasteiger partial charge in [0.15, 0.2) is 11.3 Å². The number of likely N-dealkylation sites (tertiary alicyclic amines) is 2. The van der Waals surface area contributed by atoms with E-state index < -0.39 is 0 Å². The van der Waals surface area contributed by atoms with Crippen molar-refractivity contribution in [3.05, 3.63) is 60.5 Å². The van der Waals surface area contributed by atoms with E-state index in [-0.39, 0.29) is 12.4 Å². The lowest BCUT2D eigenvalue weighted by Crippen LogP contribution is -2.32. The predicted octanol–water partition coefficient (Wildman–Crippen LogP) is 5.69. The molecule has 8 heterocycles. The summed E-state index contributed by atoms with van der Waals surface area (Å²) in [7, 11) is 0. The van der Waals surface area contributed by atoms with Crippen molar-refractivity contribution < 1.29 is 4.52 Å². The van der Waals surface area contributed by atoms with E-state index in [1.54, 1.807) is 18.9 Å². The van der Waals surface area contributed by atoms with E-state index in [0.717, 1.165) is 87.9 Å². The Morgan fingerprint density at radius 1 is 0.633 bits per heavy atom. The second-order valence-electron chi connectivity index (χ2n) is 12.8. The Bertz CT molecular complexity index is 1950. The fourth-order valence-corrected chi connectivity index (χ4v) is 6.92. The minimum absolute atomic E-state index is 0. The second-order valence-corrected chi connectivity index (χ2v) is 12.8. The van der Waals surface area contributed by atoms with Crippen molar-refractivity contribution in [3.8, 4) is 22.5 Å². The molecule has 0 spiro atoms. The number of fused-ring (bicyclic) bond motifs is 2. The summed E-state index contributed by atoms with van der Waals surface area (Å²) in [5, 5.41) is 15.1. The summed E-state index contributed by atoms with van der Waals surface area (Å²) in [6, 6.07) is 3.99. The number of nitrogens with zero attached hydrogens (tertiary/aromatic N) is 12. The van der Waals surface area contributed by atoms with E-state index >= 15 is 0 Å². The molecule has 0 saturated carbocycles. The molecule has 0 unspecified atom stereocenters. The molecule has 0 N–H and O–H groups in total. The van der Waals surface area contributed by atoms with Gasteiger partial charge in [-0.05, 0) is 84.8 Å². The number of pyridine rings is 1. The van der Waals surface area contributed by atoms with Crippen molar-refractivity contribution in [2.75, 3.05) is 39.3 Å². The van der Waals surface area contributed by atoms with E-state index in [1.165, 1.54) is 64.7 Å². The lowest BCUT2D eigenvalue weighted by molar-refractivity contribution is 0.219. The third-order valence-corrected chi connectivity index (χ3v) is 9.55. The lowest BCUT2D eigenvalue weighted by Gasteiger charge is -2.26. The molecule has 49 heavy (non-hydrogen) atoms. The first-order chi connectivity index (χ1) is 23.6. The average molecular weight is 685 g/mol. The number of halogens is 1. The van der Waals surface area contributed by atoms with E-state index in [2.05, 4.69) is 56.1 Å². The molecule has 2 aliphatic rings. The quantitative estimate of drug-likeness (QED) is 0.196. The molecule has 0 amide bonds. The van der Waals surface area contributed by atoms with Gasteiger partial charge in [0.1, 0.15) is 18.4 Å². The third-order valence-electron chi connectivity index (χ3n) is 9.55. The Labute approximate surface area is 292 Å². The summed E-state index contributed by atoms with van der Waals surface area (Å²) in [5.41, 5.74) is 7.33. The Balaban J connectivity index is 0.000000167. The summed E-state index contributed by atoms with van der Waals surface area (Å²) < 4.78 is 9.27. The van der Waals surface area contributed by atoms with E-state index in [4.69, 9.17) is 4.52 Å². The van der Waals surface area contributed by atoms with Crippen LogP contribution in [0.5, 0.6) is 0 Å². The molecule has 0 atom stereocenters. The van der Waals surface area contributed by atoms with Crippen LogP contribution in [0.25, 0.3) is 44.6 Å². The van der Waals surface area contributed by atoms with Crippen molar-refractivity contribution in [3.63, 3.8) is 0 Å². The maximum absolute atomic E-state index is 5.29. The Hall–Kier alpha value is -4.33. The van der Waals surface area contributed by atoms with Crippen molar-refractivity contribution in [1.82, 2.24) is 59.4 Å². The molecule has 2 aliphatic heterocycles. The topological polar surface area (TPSA) is 133 Å². The van der Waals surface area contributed by atoms with Crippen LogP contribution in [0.3, 0.4) is 0 Å². The van der Waals surface area contributed by atoms with Gasteiger partial charge in [0.2, 0.25) is 0 Å². The lowest BCUT2D eigenvalue weighted by atomic mass is 10.1. The van der Waals surface area contributed by atoms with Gasteiger partial charge in [0.05, 0.1) is 58.9 Å².